The Hall–Kier alpha value is -0.420. The molecular weight excluding hydrogens is 188 g/mol. The molecule has 0 amide bonds. The number of nitrogens with one attached hydrogen (secondary N) is 1. The van der Waals surface area contributed by atoms with E-state index in [1.165, 1.54) is 18.2 Å². The summed E-state index contributed by atoms with van der Waals surface area (Å²) in [6.45, 7) is 0. The number of anilines is 1. The topological polar surface area (TPSA) is 12.0 Å². The van der Waals surface area contributed by atoms with Crippen molar-refractivity contribution in [1.29, 1.82) is 0 Å². The molecule has 0 radical (unpaired) electrons. The van der Waals surface area contributed by atoms with E-state index in [2.05, 4.69) is 16.4 Å². The SMILES string of the molecule is Fc1cccc(F)c1NSS. The second kappa shape index (κ2) is 3.82. The van der Waals surface area contributed by atoms with E-state index in [9.17, 15) is 8.78 Å². The third-order valence-electron chi connectivity index (χ3n) is 1.11. The van der Waals surface area contributed by atoms with Gasteiger partial charge in [0.1, 0.15) is 17.3 Å². The fraction of sp³-hybridized carbons (Fsp3) is 0. The summed E-state index contributed by atoms with van der Waals surface area (Å²) in [6.07, 6.45) is 0. The van der Waals surface area contributed by atoms with Gasteiger partial charge < -0.3 is 4.72 Å². The molecule has 11 heavy (non-hydrogen) atoms. The predicted octanol–water partition coefficient (Wildman–Crippen LogP) is 2.87. The van der Waals surface area contributed by atoms with Crippen LogP contribution in [-0.4, -0.2) is 0 Å². The van der Waals surface area contributed by atoms with Crippen LogP contribution in [0.5, 0.6) is 0 Å². The molecule has 1 N–H and O–H groups in total. The van der Waals surface area contributed by atoms with Gasteiger partial charge in [-0.25, -0.2) is 8.78 Å². The van der Waals surface area contributed by atoms with Gasteiger partial charge in [-0.05, 0) is 12.1 Å². The third kappa shape index (κ3) is 2.00. The molecule has 1 nitrogen and oxygen atoms in total. The first-order valence-electron chi connectivity index (χ1n) is 2.76. The van der Waals surface area contributed by atoms with Gasteiger partial charge in [0.25, 0.3) is 0 Å². The van der Waals surface area contributed by atoms with Crippen LogP contribution in [0, 0.1) is 11.6 Å². The summed E-state index contributed by atoms with van der Waals surface area (Å²) in [7, 11) is 0.847. The third-order valence-corrected chi connectivity index (χ3v) is 1.68. The zero-order valence-corrected chi connectivity index (χ0v) is 7.05. The minimum atomic E-state index is -0.619. The van der Waals surface area contributed by atoms with Crippen LogP contribution in [0.4, 0.5) is 14.5 Å². The Balaban J connectivity index is 3.00. The Kier molecular flexibility index (Phi) is 3.02. The Bertz CT molecular complexity index is 234. The molecule has 0 unspecified atom stereocenters. The molecule has 0 heterocycles. The van der Waals surface area contributed by atoms with Gasteiger partial charge in [-0.1, -0.05) is 17.7 Å². The second-order valence-corrected chi connectivity index (χ2v) is 2.72. The largest absolute Gasteiger partial charge is 0.316 e. The maximum absolute atomic E-state index is 12.7. The van der Waals surface area contributed by atoms with Crippen molar-refractivity contribution in [3.05, 3.63) is 29.8 Å². The first-order valence-corrected chi connectivity index (χ1v) is 4.63. The van der Waals surface area contributed by atoms with Crippen LogP contribution in [0.2, 0.25) is 0 Å². The van der Waals surface area contributed by atoms with Crippen molar-refractivity contribution in [2.45, 2.75) is 0 Å². The smallest absolute Gasteiger partial charge is 0.150 e. The highest BCUT2D eigenvalue weighted by atomic mass is 33.1. The quantitative estimate of drug-likeness (QED) is 0.425. The highest BCUT2D eigenvalue weighted by Gasteiger charge is 2.05. The maximum atomic E-state index is 12.7. The summed E-state index contributed by atoms with van der Waals surface area (Å²) in [4.78, 5) is 0. The van der Waals surface area contributed by atoms with E-state index in [0.29, 0.717) is 0 Å². The molecule has 1 rings (SSSR count). The van der Waals surface area contributed by atoms with Crippen molar-refractivity contribution in [2.75, 3.05) is 4.72 Å². The van der Waals surface area contributed by atoms with Crippen LogP contribution < -0.4 is 4.72 Å². The van der Waals surface area contributed by atoms with E-state index in [-0.39, 0.29) is 5.69 Å². The van der Waals surface area contributed by atoms with E-state index in [1.807, 2.05) is 0 Å². The average Bonchev–Trinajstić information content (AvgIpc) is 1.97. The summed E-state index contributed by atoms with van der Waals surface area (Å²) >= 11 is 3.70. The lowest BCUT2D eigenvalue weighted by molar-refractivity contribution is 0.592. The molecule has 0 saturated carbocycles. The van der Waals surface area contributed by atoms with E-state index in [1.54, 1.807) is 0 Å². The first-order chi connectivity index (χ1) is 5.25. The standard InChI is InChI=1S/C6H5F2NS2/c7-4-2-1-3-5(8)6(4)9-11-10/h1-3,9-10H. The highest BCUT2D eigenvalue weighted by molar-refractivity contribution is 8.69. The number of halogens is 2. The summed E-state index contributed by atoms with van der Waals surface area (Å²) in [5, 5.41) is 0. The van der Waals surface area contributed by atoms with E-state index in [0.717, 1.165) is 11.0 Å². The van der Waals surface area contributed by atoms with Crippen molar-refractivity contribution in [2.24, 2.45) is 0 Å². The number of para-hydroxylation sites is 1. The van der Waals surface area contributed by atoms with Gasteiger partial charge in [0.2, 0.25) is 0 Å². The minimum Gasteiger partial charge on any atom is -0.316 e. The van der Waals surface area contributed by atoms with Crippen LogP contribution in [0.1, 0.15) is 0 Å². The van der Waals surface area contributed by atoms with E-state index in [4.69, 9.17) is 0 Å². The molecule has 0 aliphatic rings. The molecule has 0 spiro atoms. The molecule has 1 aromatic carbocycles. The average molecular weight is 193 g/mol. The zero-order valence-electron chi connectivity index (χ0n) is 5.34. The lowest BCUT2D eigenvalue weighted by Gasteiger charge is -2.02. The number of hydrogen-bond acceptors (Lipinski definition) is 3. The lowest BCUT2D eigenvalue weighted by Crippen LogP contribution is -1.91. The summed E-state index contributed by atoms with van der Waals surface area (Å²) < 4.78 is 27.8. The highest BCUT2D eigenvalue weighted by Crippen LogP contribution is 2.22. The van der Waals surface area contributed by atoms with Gasteiger partial charge in [-0.15, -0.1) is 0 Å². The molecular formula is C6H5F2NS2. The predicted molar refractivity (Wildman–Crippen MR) is 46.6 cm³/mol. The fourth-order valence-electron chi connectivity index (χ4n) is 0.641. The van der Waals surface area contributed by atoms with Crippen molar-refractivity contribution >= 4 is 28.3 Å². The molecule has 1 aromatic rings. The monoisotopic (exact) mass is 193 g/mol. The Morgan fingerprint density at radius 3 is 2.27 bits per heavy atom. The van der Waals surface area contributed by atoms with Crippen LogP contribution in [-0.2, 0) is 0 Å². The van der Waals surface area contributed by atoms with E-state index < -0.39 is 11.6 Å². The molecule has 0 aliphatic carbocycles. The number of rotatable bonds is 2. The zero-order chi connectivity index (χ0) is 8.27. The molecule has 60 valence electrons. The van der Waals surface area contributed by atoms with E-state index >= 15 is 0 Å². The van der Waals surface area contributed by atoms with Gasteiger partial charge >= 0.3 is 0 Å². The van der Waals surface area contributed by atoms with Crippen molar-refractivity contribution < 1.29 is 8.78 Å². The molecule has 5 heteroatoms. The van der Waals surface area contributed by atoms with Crippen LogP contribution in [0.15, 0.2) is 18.2 Å². The van der Waals surface area contributed by atoms with Crippen LogP contribution in [0.3, 0.4) is 0 Å². The number of hydrogen-bond donors (Lipinski definition) is 2. The molecule has 0 aromatic heterocycles. The van der Waals surface area contributed by atoms with Crippen molar-refractivity contribution in [3.63, 3.8) is 0 Å². The Morgan fingerprint density at radius 2 is 1.82 bits per heavy atom. The van der Waals surface area contributed by atoms with Gasteiger partial charge in [0.05, 0.1) is 0 Å². The van der Waals surface area contributed by atoms with Crippen molar-refractivity contribution in [1.82, 2.24) is 0 Å². The number of thiol groups is 1. The Morgan fingerprint density at radius 1 is 1.27 bits per heavy atom. The molecule has 0 atom stereocenters. The summed E-state index contributed by atoms with van der Waals surface area (Å²) in [5.41, 5.74) is -0.160. The normalized spacial score (nSPS) is 9.73. The lowest BCUT2D eigenvalue weighted by atomic mass is 10.3. The molecule has 0 saturated heterocycles. The van der Waals surface area contributed by atoms with Gasteiger partial charge in [-0.2, -0.15) is 0 Å². The Labute approximate surface area is 72.1 Å². The summed E-state index contributed by atoms with van der Waals surface area (Å²) in [6, 6.07) is 3.66. The van der Waals surface area contributed by atoms with Crippen molar-refractivity contribution in [3.8, 4) is 0 Å². The first kappa shape index (κ1) is 8.67. The minimum absolute atomic E-state index is 0.160. The summed E-state index contributed by atoms with van der Waals surface area (Å²) in [5.74, 6) is -1.24. The molecule has 0 fully saturated rings. The van der Waals surface area contributed by atoms with Gasteiger partial charge in [0.15, 0.2) is 0 Å². The molecule has 0 bridgehead atoms. The maximum Gasteiger partial charge on any atom is 0.150 e. The second-order valence-electron chi connectivity index (χ2n) is 1.79. The van der Waals surface area contributed by atoms with Gasteiger partial charge in [-0.3, -0.25) is 0 Å². The number of benzene rings is 1. The van der Waals surface area contributed by atoms with Crippen LogP contribution >= 0.6 is 22.6 Å². The van der Waals surface area contributed by atoms with Gasteiger partial charge in [0, 0.05) is 11.0 Å². The fourth-order valence-corrected chi connectivity index (χ4v) is 1.20. The molecule has 0 aliphatic heterocycles. The van der Waals surface area contributed by atoms with Crippen LogP contribution in [0.25, 0.3) is 0 Å².